The van der Waals surface area contributed by atoms with E-state index in [2.05, 4.69) is 22.2 Å². The Morgan fingerprint density at radius 2 is 2.29 bits per heavy atom. The summed E-state index contributed by atoms with van der Waals surface area (Å²) < 4.78 is 1.88. The van der Waals surface area contributed by atoms with Gasteiger partial charge in [-0.25, -0.2) is 9.97 Å². The highest BCUT2D eigenvalue weighted by molar-refractivity contribution is 6.35. The topological polar surface area (TPSA) is 42.7 Å². The number of imidazole rings is 1. The molecule has 1 atom stereocenters. The lowest BCUT2D eigenvalue weighted by Gasteiger charge is -2.13. The first-order chi connectivity index (χ1) is 8.15. The summed E-state index contributed by atoms with van der Waals surface area (Å²) in [4.78, 5) is 8.78. The SMILES string of the molecule is C[C@@H](Nc1cc(Cl)c2ncn(C)c2n1)C1CC1. The third-order valence-corrected chi connectivity index (χ3v) is 3.61. The molecule has 1 saturated carbocycles. The van der Waals surface area contributed by atoms with Gasteiger partial charge in [0.25, 0.3) is 0 Å². The van der Waals surface area contributed by atoms with Crippen LogP contribution in [0.4, 0.5) is 5.82 Å². The normalized spacial score (nSPS) is 17.4. The van der Waals surface area contributed by atoms with Crippen LogP contribution >= 0.6 is 11.6 Å². The zero-order chi connectivity index (χ0) is 12.0. The van der Waals surface area contributed by atoms with Gasteiger partial charge < -0.3 is 9.88 Å². The van der Waals surface area contributed by atoms with E-state index < -0.39 is 0 Å². The maximum atomic E-state index is 6.20. The Hall–Kier alpha value is -1.29. The Morgan fingerprint density at radius 3 is 3.00 bits per heavy atom. The molecule has 0 aliphatic heterocycles. The molecule has 0 amide bonds. The second kappa shape index (κ2) is 3.88. The highest BCUT2D eigenvalue weighted by atomic mass is 35.5. The molecule has 0 radical (unpaired) electrons. The molecule has 3 rings (SSSR count). The molecule has 2 aromatic heterocycles. The van der Waals surface area contributed by atoms with Gasteiger partial charge in [0.2, 0.25) is 0 Å². The minimum atomic E-state index is 0.462. The van der Waals surface area contributed by atoms with Crippen LogP contribution in [0, 0.1) is 5.92 Å². The number of rotatable bonds is 3. The minimum absolute atomic E-state index is 0.462. The van der Waals surface area contributed by atoms with Crippen LogP contribution in [0.25, 0.3) is 11.2 Å². The average Bonchev–Trinajstić information content (AvgIpc) is 3.05. The van der Waals surface area contributed by atoms with Gasteiger partial charge >= 0.3 is 0 Å². The summed E-state index contributed by atoms with van der Waals surface area (Å²) in [6.45, 7) is 2.20. The van der Waals surface area contributed by atoms with E-state index in [0.29, 0.717) is 11.1 Å². The van der Waals surface area contributed by atoms with Crippen LogP contribution in [0.3, 0.4) is 0 Å². The quantitative estimate of drug-likeness (QED) is 0.911. The van der Waals surface area contributed by atoms with Crippen molar-refractivity contribution in [2.75, 3.05) is 5.32 Å². The zero-order valence-electron chi connectivity index (χ0n) is 9.94. The fourth-order valence-corrected chi connectivity index (χ4v) is 2.32. The number of pyridine rings is 1. The van der Waals surface area contributed by atoms with Crippen molar-refractivity contribution in [3.05, 3.63) is 17.4 Å². The van der Waals surface area contributed by atoms with Gasteiger partial charge in [-0.15, -0.1) is 0 Å². The summed E-state index contributed by atoms with van der Waals surface area (Å²) in [5, 5.41) is 4.07. The second-order valence-corrected chi connectivity index (χ2v) is 5.19. The number of halogens is 1. The van der Waals surface area contributed by atoms with Gasteiger partial charge in [-0.1, -0.05) is 11.6 Å². The molecular weight excluding hydrogens is 236 g/mol. The molecule has 2 aromatic rings. The van der Waals surface area contributed by atoms with Gasteiger partial charge in [0.15, 0.2) is 5.65 Å². The lowest BCUT2D eigenvalue weighted by Crippen LogP contribution is -2.18. The smallest absolute Gasteiger partial charge is 0.163 e. The molecule has 1 N–H and O–H groups in total. The number of anilines is 1. The summed E-state index contributed by atoms with van der Waals surface area (Å²) in [6.07, 6.45) is 4.36. The zero-order valence-corrected chi connectivity index (χ0v) is 10.7. The summed E-state index contributed by atoms with van der Waals surface area (Å²) in [5.41, 5.74) is 1.58. The predicted molar refractivity (Wildman–Crippen MR) is 69.3 cm³/mol. The van der Waals surface area contributed by atoms with Gasteiger partial charge in [0.1, 0.15) is 11.3 Å². The van der Waals surface area contributed by atoms with Gasteiger partial charge in [-0.2, -0.15) is 0 Å². The molecule has 5 heteroatoms. The van der Waals surface area contributed by atoms with Crippen molar-refractivity contribution in [1.29, 1.82) is 0 Å². The standard InChI is InChI=1S/C12H15ClN4/c1-7(8-3-4-8)15-10-5-9(13)11-12(16-10)17(2)6-14-11/h5-8H,3-4H2,1-2H3,(H,15,16)/t7-/m1/s1. The van der Waals surface area contributed by atoms with E-state index in [0.717, 1.165) is 22.9 Å². The number of hydrogen-bond acceptors (Lipinski definition) is 3. The highest BCUT2D eigenvalue weighted by Crippen LogP contribution is 2.34. The van der Waals surface area contributed by atoms with Crippen molar-refractivity contribution in [1.82, 2.24) is 14.5 Å². The van der Waals surface area contributed by atoms with E-state index in [1.807, 2.05) is 17.7 Å². The lowest BCUT2D eigenvalue weighted by molar-refractivity contribution is 0.691. The maximum Gasteiger partial charge on any atom is 0.163 e. The Bertz CT molecular complexity index is 559. The summed E-state index contributed by atoms with van der Waals surface area (Å²) >= 11 is 6.20. The van der Waals surface area contributed by atoms with E-state index in [9.17, 15) is 0 Å². The molecule has 0 bridgehead atoms. The Balaban J connectivity index is 1.96. The van der Waals surface area contributed by atoms with Crippen molar-refractivity contribution in [3.63, 3.8) is 0 Å². The van der Waals surface area contributed by atoms with Crippen molar-refractivity contribution in [2.24, 2.45) is 13.0 Å². The third kappa shape index (κ3) is 1.97. The van der Waals surface area contributed by atoms with E-state index in [4.69, 9.17) is 11.6 Å². The maximum absolute atomic E-state index is 6.20. The van der Waals surface area contributed by atoms with Crippen LogP contribution in [0.2, 0.25) is 5.02 Å². The number of nitrogens with one attached hydrogen (secondary N) is 1. The molecule has 0 saturated heterocycles. The number of aryl methyl sites for hydroxylation is 1. The molecule has 1 aliphatic carbocycles. The van der Waals surface area contributed by atoms with Crippen molar-refractivity contribution < 1.29 is 0 Å². The van der Waals surface area contributed by atoms with Crippen LogP contribution < -0.4 is 5.32 Å². The lowest BCUT2D eigenvalue weighted by atomic mass is 10.2. The van der Waals surface area contributed by atoms with Crippen molar-refractivity contribution in [2.45, 2.75) is 25.8 Å². The van der Waals surface area contributed by atoms with Gasteiger partial charge in [-0.3, -0.25) is 0 Å². The number of nitrogens with zero attached hydrogens (tertiary/aromatic N) is 3. The fourth-order valence-electron chi connectivity index (χ4n) is 2.08. The number of fused-ring (bicyclic) bond motifs is 1. The van der Waals surface area contributed by atoms with Crippen LogP contribution in [-0.4, -0.2) is 20.6 Å². The molecule has 0 unspecified atom stereocenters. The molecule has 0 aromatic carbocycles. The predicted octanol–water partition coefficient (Wildman–Crippen LogP) is 2.83. The van der Waals surface area contributed by atoms with E-state index in [1.54, 1.807) is 6.33 Å². The fraction of sp³-hybridized carbons (Fsp3) is 0.500. The molecule has 1 aliphatic rings. The molecule has 0 spiro atoms. The Kier molecular flexibility index (Phi) is 2.47. The summed E-state index contributed by atoms with van der Waals surface area (Å²) in [5.74, 6) is 1.63. The largest absolute Gasteiger partial charge is 0.367 e. The summed E-state index contributed by atoms with van der Waals surface area (Å²) in [7, 11) is 1.92. The Morgan fingerprint density at radius 1 is 1.53 bits per heavy atom. The molecule has 1 fully saturated rings. The first kappa shape index (κ1) is 10.8. The van der Waals surface area contributed by atoms with Crippen LogP contribution in [0.15, 0.2) is 12.4 Å². The number of hydrogen-bond donors (Lipinski definition) is 1. The first-order valence-corrected chi connectivity index (χ1v) is 6.27. The minimum Gasteiger partial charge on any atom is -0.367 e. The monoisotopic (exact) mass is 250 g/mol. The Labute approximate surface area is 105 Å². The van der Waals surface area contributed by atoms with Crippen LogP contribution in [0.5, 0.6) is 0 Å². The van der Waals surface area contributed by atoms with Crippen molar-refractivity contribution >= 4 is 28.6 Å². The van der Waals surface area contributed by atoms with Gasteiger partial charge in [0.05, 0.1) is 11.3 Å². The van der Waals surface area contributed by atoms with E-state index in [1.165, 1.54) is 12.8 Å². The summed E-state index contributed by atoms with van der Waals surface area (Å²) in [6, 6.07) is 2.32. The first-order valence-electron chi connectivity index (χ1n) is 5.89. The van der Waals surface area contributed by atoms with E-state index in [-0.39, 0.29) is 0 Å². The average molecular weight is 251 g/mol. The molecule has 90 valence electrons. The van der Waals surface area contributed by atoms with Gasteiger partial charge in [0, 0.05) is 19.2 Å². The van der Waals surface area contributed by atoms with Gasteiger partial charge in [-0.05, 0) is 25.7 Å². The van der Waals surface area contributed by atoms with Crippen molar-refractivity contribution in [3.8, 4) is 0 Å². The molecule has 17 heavy (non-hydrogen) atoms. The van der Waals surface area contributed by atoms with E-state index >= 15 is 0 Å². The highest BCUT2D eigenvalue weighted by Gasteiger charge is 2.28. The molecule has 4 nitrogen and oxygen atoms in total. The number of aromatic nitrogens is 3. The van der Waals surface area contributed by atoms with Crippen LogP contribution in [0.1, 0.15) is 19.8 Å². The molecule has 2 heterocycles. The second-order valence-electron chi connectivity index (χ2n) is 4.79. The van der Waals surface area contributed by atoms with Crippen LogP contribution in [-0.2, 0) is 7.05 Å². The molecular formula is C12H15ClN4. The third-order valence-electron chi connectivity index (χ3n) is 3.33.